The maximum Gasteiger partial charge on any atom is 0.471 e. The van der Waals surface area contributed by atoms with Crippen LogP contribution in [0.25, 0.3) is 0 Å². The number of alkyl halides is 6. The summed E-state index contributed by atoms with van der Waals surface area (Å²) in [7, 11) is -3.89. The minimum absolute atomic E-state index is 0.679. The zero-order valence-corrected chi connectivity index (χ0v) is 8.38. The van der Waals surface area contributed by atoms with Crippen LogP contribution >= 0.6 is 0 Å². The Morgan fingerprint density at radius 3 is 1.94 bits per heavy atom. The minimum atomic E-state index is -5.45. The molecule has 0 aliphatic rings. The van der Waals surface area contributed by atoms with Crippen molar-refractivity contribution in [3.8, 4) is 0 Å². The number of allylic oxidation sites excluding steroid dienone is 1. The van der Waals surface area contributed by atoms with Crippen LogP contribution in [0.15, 0.2) is 12.7 Å². The van der Waals surface area contributed by atoms with Gasteiger partial charge in [0.05, 0.1) is 0 Å². The first-order chi connectivity index (χ1) is 7.01. The molecule has 0 aromatic heterocycles. The summed E-state index contributed by atoms with van der Waals surface area (Å²) in [4.78, 5) is 10.6. The summed E-state index contributed by atoms with van der Waals surface area (Å²) in [5.41, 5.74) is -5.37. The number of carbonyl (C=O) groups excluding carboxylic acids is 1. The number of hydrogen-bond donors (Lipinski definition) is 0. The lowest BCUT2D eigenvalue weighted by Gasteiger charge is -2.16. The molecule has 0 fully saturated rings. The number of carbonyl (C=O) groups is 1. The van der Waals surface area contributed by atoms with Gasteiger partial charge in [-0.2, -0.15) is 26.3 Å². The second kappa shape index (κ2) is 4.98. The molecule has 0 N–H and O–H groups in total. The van der Waals surface area contributed by atoms with Crippen molar-refractivity contribution in [3.63, 3.8) is 0 Å². The van der Waals surface area contributed by atoms with Gasteiger partial charge in [-0.05, 0) is 6.42 Å². The third-order valence-electron chi connectivity index (χ3n) is 1.44. The van der Waals surface area contributed by atoms with Gasteiger partial charge in [-0.3, -0.25) is 4.79 Å². The lowest BCUT2D eigenvalue weighted by atomic mass is 10.2. The van der Waals surface area contributed by atoms with Crippen LogP contribution in [-0.2, 0) is 15.6 Å². The fourth-order valence-corrected chi connectivity index (χ4v) is 1.75. The van der Waals surface area contributed by atoms with E-state index in [2.05, 4.69) is 6.58 Å². The van der Waals surface area contributed by atoms with Crippen LogP contribution in [0, 0.1) is 0 Å². The highest BCUT2D eigenvalue weighted by Gasteiger charge is 2.51. The van der Waals surface area contributed by atoms with E-state index >= 15 is 0 Å². The van der Waals surface area contributed by atoms with Gasteiger partial charge in [-0.25, -0.2) is 4.21 Å². The zero-order valence-electron chi connectivity index (χ0n) is 7.56. The summed E-state index contributed by atoms with van der Waals surface area (Å²) >= 11 is 0. The second-order valence-corrected chi connectivity index (χ2v) is 4.24. The molecule has 0 spiro atoms. The van der Waals surface area contributed by atoms with Crippen LogP contribution < -0.4 is 0 Å². The Morgan fingerprint density at radius 1 is 1.25 bits per heavy atom. The largest absolute Gasteiger partial charge is 0.471 e. The summed E-state index contributed by atoms with van der Waals surface area (Å²) in [6.07, 6.45) is -5.73. The molecule has 9 heteroatoms. The quantitative estimate of drug-likeness (QED) is 0.579. The number of halogens is 6. The lowest BCUT2D eigenvalue weighted by Crippen LogP contribution is -2.41. The standard InChI is InChI=1S/C7H6F6O2S/c1-2-3-4(5(14)6(8,9)10)16(15)7(11,12)13/h2,4H,1,3H2. The Labute approximate surface area is 88.8 Å². The molecule has 0 bridgehead atoms. The fourth-order valence-electron chi connectivity index (χ4n) is 0.787. The van der Waals surface area contributed by atoms with Crippen LogP contribution in [0.2, 0.25) is 0 Å². The molecule has 0 saturated carbocycles. The molecule has 0 amide bonds. The monoisotopic (exact) mass is 268 g/mol. The molecule has 94 valence electrons. The second-order valence-electron chi connectivity index (χ2n) is 2.62. The van der Waals surface area contributed by atoms with Gasteiger partial charge in [-0.1, -0.05) is 6.08 Å². The van der Waals surface area contributed by atoms with Crippen molar-refractivity contribution >= 4 is 16.6 Å². The van der Waals surface area contributed by atoms with Crippen LogP contribution in [0.3, 0.4) is 0 Å². The van der Waals surface area contributed by atoms with Crippen LogP contribution in [0.1, 0.15) is 6.42 Å². The molecule has 2 unspecified atom stereocenters. The Bertz CT molecular complexity index is 279. The van der Waals surface area contributed by atoms with E-state index in [1.165, 1.54) is 0 Å². The summed E-state index contributed by atoms with van der Waals surface area (Å²) in [5, 5.41) is -2.68. The van der Waals surface area contributed by atoms with Crippen molar-refractivity contribution in [1.29, 1.82) is 0 Å². The predicted molar refractivity (Wildman–Crippen MR) is 43.9 cm³/mol. The van der Waals surface area contributed by atoms with Crippen molar-refractivity contribution in [1.82, 2.24) is 0 Å². The van der Waals surface area contributed by atoms with E-state index in [1.807, 2.05) is 0 Å². The molecule has 0 rings (SSSR count). The van der Waals surface area contributed by atoms with Crippen molar-refractivity contribution in [3.05, 3.63) is 12.7 Å². The maximum absolute atomic E-state index is 11.9. The average molecular weight is 268 g/mol. The van der Waals surface area contributed by atoms with Gasteiger partial charge >= 0.3 is 11.7 Å². The minimum Gasteiger partial charge on any atom is -0.288 e. The molecule has 0 aliphatic carbocycles. The summed E-state index contributed by atoms with van der Waals surface area (Å²) < 4.78 is 82.1. The molecule has 0 heterocycles. The van der Waals surface area contributed by atoms with E-state index in [9.17, 15) is 35.3 Å². The Hall–Kier alpha value is -0.860. The van der Waals surface area contributed by atoms with Gasteiger partial charge in [0.1, 0.15) is 16.0 Å². The SMILES string of the molecule is C=CCC(C(=O)C(F)(F)F)S(=O)C(F)(F)F. The summed E-state index contributed by atoms with van der Waals surface area (Å²) in [6.45, 7) is 2.91. The molecule has 0 aliphatic heterocycles. The van der Waals surface area contributed by atoms with Gasteiger partial charge in [0.25, 0.3) is 5.78 Å². The van der Waals surface area contributed by atoms with Crippen LogP contribution in [-0.4, -0.2) is 26.9 Å². The highest BCUT2D eigenvalue weighted by atomic mass is 32.2. The predicted octanol–water partition coefficient (Wildman–Crippen LogP) is 2.33. The zero-order chi connectivity index (χ0) is 13.1. The third kappa shape index (κ3) is 3.95. The van der Waals surface area contributed by atoms with Gasteiger partial charge in [0.15, 0.2) is 0 Å². The van der Waals surface area contributed by atoms with Crippen molar-refractivity contribution in [2.24, 2.45) is 0 Å². The molecule has 0 radical (unpaired) electrons. The Kier molecular flexibility index (Phi) is 4.71. The first-order valence-electron chi connectivity index (χ1n) is 3.71. The Morgan fingerprint density at radius 2 is 1.69 bits per heavy atom. The third-order valence-corrected chi connectivity index (χ3v) is 2.82. The summed E-state index contributed by atoms with van der Waals surface area (Å²) in [5.74, 6) is -2.66. The number of ketones is 1. The maximum atomic E-state index is 11.9. The highest BCUT2D eigenvalue weighted by Crippen LogP contribution is 2.29. The summed E-state index contributed by atoms with van der Waals surface area (Å²) in [6, 6.07) is 0. The van der Waals surface area contributed by atoms with Gasteiger partial charge < -0.3 is 0 Å². The smallest absolute Gasteiger partial charge is 0.288 e. The average Bonchev–Trinajstić information content (AvgIpc) is 2.09. The van der Waals surface area contributed by atoms with Crippen molar-refractivity contribution in [2.75, 3.05) is 0 Å². The van der Waals surface area contributed by atoms with E-state index < -0.39 is 39.9 Å². The van der Waals surface area contributed by atoms with E-state index in [-0.39, 0.29) is 0 Å². The van der Waals surface area contributed by atoms with Crippen LogP contribution in [0.5, 0.6) is 0 Å². The normalized spacial score (nSPS) is 16.6. The molecule has 0 aromatic carbocycles. The van der Waals surface area contributed by atoms with Gasteiger partial charge in [0, 0.05) is 0 Å². The molecule has 0 aromatic rings. The molecule has 16 heavy (non-hydrogen) atoms. The first kappa shape index (κ1) is 15.1. The molecular weight excluding hydrogens is 262 g/mol. The molecular formula is C7H6F6O2S. The topological polar surface area (TPSA) is 34.1 Å². The van der Waals surface area contributed by atoms with E-state index in [4.69, 9.17) is 0 Å². The van der Waals surface area contributed by atoms with Gasteiger partial charge in [0.2, 0.25) is 0 Å². The van der Waals surface area contributed by atoms with E-state index in [1.54, 1.807) is 0 Å². The molecule has 2 nitrogen and oxygen atoms in total. The number of Topliss-reactive ketones (excluding diaryl/α,β-unsaturated/α-hetero) is 1. The van der Waals surface area contributed by atoms with E-state index in [0.29, 0.717) is 6.08 Å². The van der Waals surface area contributed by atoms with Crippen molar-refractivity contribution in [2.45, 2.75) is 23.4 Å². The molecule has 0 saturated heterocycles. The Balaban J connectivity index is 5.11. The van der Waals surface area contributed by atoms with Crippen LogP contribution in [0.4, 0.5) is 26.3 Å². The highest BCUT2D eigenvalue weighted by molar-refractivity contribution is 7.87. The van der Waals surface area contributed by atoms with E-state index in [0.717, 1.165) is 0 Å². The fraction of sp³-hybridized carbons (Fsp3) is 0.571. The molecule has 2 atom stereocenters. The van der Waals surface area contributed by atoms with Crippen molar-refractivity contribution < 1.29 is 35.3 Å². The van der Waals surface area contributed by atoms with Gasteiger partial charge in [-0.15, -0.1) is 6.58 Å². The lowest BCUT2D eigenvalue weighted by molar-refractivity contribution is -0.170. The number of hydrogen-bond acceptors (Lipinski definition) is 2. The first-order valence-corrected chi connectivity index (χ1v) is 4.92. The number of rotatable bonds is 4.